The fourth-order valence-corrected chi connectivity index (χ4v) is 2.50. The van der Waals surface area contributed by atoms with Crippen LogP contribution in [0.1, 0.15) is 33.3 Å². The number of hydrogen-bond donors (Lipinski definition) is 1. The van der Waals surface area contributed by atoms with E-state index in [0.29, 0.717) is 6.04 Å². The molecule has 0 saturated heterocycles. The normalized spacial score (nSPS) is 20.5. The van der Waals surface area contributed by atoms with Gasteiger partial charge in [0.05, 0.1) is 4.92 Å². The number of pyridine rings is 1. The van der Waals surface area contributed by atoms with Crippen LogP contribution >= 0.6 is 0 Å². The SMILES string of the molecule is Cc1cc([N+](=O)[O-])cnc1NC1C(C)(C)C1(C)C. The molecule has 0 amide bonds. The van der Waals surface area contributed by atoms with E-state index in [-0.39, 0.29) is 16.5 Å². The van der Waals surface area contributed by atoms with Gasteiger partial charge in [-0.05, 0) is 23.3 Å². The van der Waals surface area contributed by atoms with Gasteiger partial charge in [-0.1, -0.05) is 27.7 Å². The van der Waals surface area contributed by atoms with E-state index < -0.39 is 4.92 Å². The van der Waals surface area contributed by atoms with Gasteiger partial charge in [0.15, 0.2) is 0 Å². The van der Waals surface area contributed by atoms with Gasteiger partial charge in [-0.15, -0.1) is 0 Å². The Kier molecular flexibility index (Phi) is 2.61. The summed E-state index contributed by atoms with van der Waals surface area (Å²) in [5.74, 6) is 0.740. The summed E-state index contributed by atoms with van der Waals surface area (Å²) in [6, 6.07) is 1.90. The van der Waals surface area contributed by atoms with Gasteiger partial charge < -0.3 is 5.32 Å². The minimum atomic E-state index is -0.422. The summed E-state index contributed by atoms with van der Waals surface area (Å²) < 4.78 is 0. The molecular weight excluding hydrogens is 230 g/mol. The van der Waals surface area contributed by atoms with Crippen LogP contribution in [0, 0.1) is 27.9 Å². The molecule has 1 saturated carbocycles. The maximum absolute atomic E-state index is 10.7. The lowest BCUT2D eigenvalue weighted by atomic mass is 10.0. The average Bonchev–Trinajstić information content (AvgIpc) is 2.63. The Hall–Kier alpha value is -1.65. The largest absolute Gasteiger partial charge is 0.366 e. The summed E-state index contributed by atoms with van der Waals surface area (Å²) >= 11 is 0. The average molecular weight is 249 g/mol. The van der Waals surface area contributed by atoms with E-state index in [1.54, 1.807) is 6.07 Å². The predicted molar refractivity (Wildman–Crippen MR) is 70.6 cm³/mol. The molecule has 0 radical (unpaired) electrons. The Morgan fingerprint density at radius 1 is 1.33 bits per heavy atom. The van der Waals surface area contributed by atoms with Gasteiger partial charge in [0.25, 0.3) is 5.69 Å². The lowest BCUT2D eigenvalue weighted by Gasteiger charge is -2.09. The van der Waals surface area contributed by atoms with Crippen LogP contribution in [-0.2, 0) is 0 Å². The van der Waals surface area contributed by atoms with Crippen molar-refractivity contribution < 1.29 is 4.92 Å². The fourth-order valence-electron chi connectivity index (χ4n) is 2.50. The number of nitrogens with one attached hydrogen (secondary N) is 1. The second-order valence-electron chi connectivity index (χ2n) is 6.14. The first-order chi connectivity index (χ1) is 8.18. The first kappa shape index (κ1) is 12.8. The third-order valence-corrected chi connectivity index (χ3v) is 4.58. The quantitative estimate of drug-likeness (QED) is 0.660. The number of anilines is 1. The zero-order valence-electron chi connectivity index (χ0n) is 11.4. The maximum atomic E-state index is 10.7. The molecule has 0 aliphatic heterocycles. The van der Waals surface area contributed by atoms with E-state index >= 15 is 0 Å². The third kappa shape index (κ3) is 1.74. The molecule has 0 spiro atoms. The van der Waals surface area contributed by atoms with Crippen LogP contribution in [0.25, 0.3) is 0 Å². The fraction of sp³-hybridized carbons (Fsp3) is 0.615. The third-order valence-electron chi connectivity index (χ3n) is 4.58. The molecule has 0 aromatic carbocycles. The molecule has 2 rings (SSSR count). The minimum absolute atomic E-state index is 0.0346. The number of hydrogen-bond acceptors (Lipinski definition) is 4. The van der Waals surface area contributed by atoms with E-state index in [4.69, 9.17) is 0 Å². The molecule has 98 valence electrons. The highest BCUT2D eigenvalue weighted by Gasteiger charge is 2.65. The lowest BCUT2D eigenvalue weighted by Crippen LogP contribution is -2.12. The molecular formula is C13H19N3O2. The van der Waals surface area contributed by atoms with Crippen LogP contribution < -0.4 is 5.32 Å². The zero-order chi connectivity index (χ0) is 13.7. The molecule has 0 bridgehead atoms. The highest BCUT2D eigenvalue weighted by molar-refractivity contribution is 5.51. The van der Waals surface area contributed by atoms with Crippen LogP contribution in [-0.4, -0.2) is 15.9 Å². The van der Waals surface area contributed by atoms with Gasteiger partial charge in [-0.2, -0.15) is 0 Å². The summed E-state index contributed by atoms with van der Waals surface area (Å²) in [5.41, 5.74) is 1.27. The Morgan fingerprint density at radius 2 is 1.89 bits per heavy atom. The molecule has 1 aliphatic rings. The van der Waals surface area contributed by atoms with Crippen molar-refractivity contribution in [1.82, 2.24) is 4.98 Å². The number of aromatic nitrogens is 1. The second kappa shape index (κ2) is 3.67. The molecule has 5 nitrogen and oxygen atoms in total. The Bertz CT molecular complexity index is 495. The van der Waals surface area contributed by atoms with E-state index in [1.165, 1.54) is 6.20 Å². The first-order valence-corrected chi connectivity index (χ1v) is 6.05. The van der Waals surface area contributed by atoms with Crippen LogP contribution in [0.15, 0.2) is 12.3 Å². The van der Waals surface area contributed by atoms with Gasteiger partial charge in [0.2, 0.25) is 0 Å². The molecule has 1 fully saturated rings. The molecule has 1 aromatic rings. The van der Waals surface area contributed by atoms with Gasteiger partial charge in [-0.3, -0.25) is 10.1 Å². The van der Waals surface area contributed by atoms with Crippen LogP contribution in [0.5, 0.6) is 0 Å². The summed E-state index contributed by atoms with van der Waals surface area (Å²) in [6.45, 7) is 10.7. The molecule has 1 heterocycles. The van der Waals surface area contributed by atoms with E-state index in [9.17, 15) is 10.1 Å². The molecule has 1 N–H and O–H groups in total. The van der Waals surface area contributed by atoms with Crippen molar-refractivity contribution in [3.8, 4) is 0 Å². The van der Waals surface area contributed by atoms with E-state index in [2.05, 4.69) is 38.0 Å². The van der Waals surface area contributed by atoms with Gasteiger partial charge >= 0.3 is 0 Å². The number of aryl methyl sites for hydroxylation is 1. The first-order valence-electron chi connectivity index (χ1n) is 6.05. The minimum Gasteiger partial charge on any atom is -0.366 e. The maximum Gasteiger partial charge on any atom is 0.287 e. The topological polar surface area (TPSA) is 68.1 Å². The van der Waals surface area contributed by atoms with E-state index in [0.717, 1.165) is 11.4 Å². The second-order valence-corrected chi connectivity index (χ2v) is 6.14. The van der Waals surface area contributed by atoms with Gasteiger partial charge in [-0.25, -0.2) is 4.98 Å². The molecule has 0 atom stereocenters. The smallest absolute Gasteiger partial charge is 0.287 e. The highest BCUT2D eigenvalue weighted by atomic mass is 16.6. The van der Waals surface area contributed by atoms with Crippen molar-refractivity contribution in [2.24, 2.45) is 10.8 Å². The standard InChI is InChI=1S/C13H19N3O2/c1-8-6-9(16(17)18)7-14-10(8)15-11-12(2,3)13(11,4)5/h6-7,11H,1-5H3,(H,14,15). The molecule has 5 heteroatoms. The predicted octanol–water partition coefficient (Wildman–Crippen LogP) is 3.14. The number of nitrogens with zero attached hydrogens (tertiary/aromatic N) is 2. The van der Waals surface area contributed by atoms with Gasteiger partial charge in [0.1, 0.15) is 12.0 Å². The van der Waals surface area contributed by atoms with Crippen LogP contribution in [0.3, 0.4) is 0 Å². The summed E-state index contributed by atoms with van der Waals surface area (Å²) in [5, 5.41) is 14.0. The zero-order valence-corrected chi connectivity index (χ0v) is 11.4. The molecule has 1 aliphatic carbocycles. The van der Waals surface area contributed by atoms with Crippen molar-refractivity contribution in [3.05, 3.63) is 27.9 Å². The van der Waals surface area contributed by atoms with Crippen molar-refractivity contribution >= 4 is 11.5 Å². The van der Waals surface area contributed by atoms with Crippen molar-refractivity contribution in [2.45, 2.75) is 40.7 Å². The summed E-state index contributed by atoms with van der Waals surface area (Å²) in [7, 11) is 0. The molecule has 18 heavy (non-hydrogen) atoms. The van der Waals surface area contributed by atoms with Gasteiger partial charge in [0, 0.05) is 12.1 Å². The number of rotatable bonds is 3. The Balaban J connectivity index is 2.20. The summed E-state index contributed by atoms with van der Waals surface area (Å²) in [4.78, 5) is 14.4. The highest BCUT2D eigenvalue weighted by Crippen LogP contribution is 2.63. The lowest BCUT2D eigenvalue weighted by molar-refractivity contribution is -0.385. The van der Waals surface area contributed by atoms with Crippen LogP contribution in [0.2, 0.25) is 0 Å². The number of nitro groups is 1. The molecule has 0 unspecified atom stereocenters. The van der Waals surface area contributed by atoms with E-state index in [1.807, 2.05) is 6.92 Å². The van der Waals surface area contributed by atoms with Crippen molar-refractivity contribution in [2.75, 3.05) is 5.32 Å². The van der Waals surface area contributed by atoms with Crippen LogP contribution in [0.4, 0.5) is 11.5 Å². The van der Waals surface area contributed by atoms with Crippen molar-refractivity contribution in [3.63, 3.8) is 0 Å². The monoisotopic (exact) mass is 249 g/mol. The summed E-state index contributed by atoms with van der Waals surface area (Å²) in [6.07, 6.45) is 1.30. The van der Waals surface area contributed by atoms with Crippen molar-refractivity contribution in [1.29, 1.82) is 0 Å². The molecule has 1 aromatic heterocycles. The Morgan fingerprint density at radius 3 is 2.28 bits per heavy atom. The Labute approximate surface area is 107 Å².